The van der Waals surface area contributed by atoms with Crippen LogP contribution in [-0.4, -0.2) is 23.6 Å². The highest BCUT2D eigenvalue weighted by Gasteiger charge is 2.05. The first-order valence-corrected chi connectivity index (χ1v) is 8.27. The lowest BCUT2D eigenvalue weighted by Gasteiger charge is -2.18. The van der Waals surface area contributed by atoms with Crippen molar-refractivity contribution < 1.29 is 4.39 Å². The molecule has 0 saturated carbocycles. The maximum atomic E-state index is 12.9. The molecule has 4 nitrogen and oxygen atoms in total. The summed E-state index contributed by atoms with van der Waals surface area (Å²) in [6.45, 7) is 1.48. The molecule has 3 rings (SSSR count). The van der Waals surface area contributed by atoms with Crippen LogP contribution in [0.25, 0.3) is 0 Å². The lowest BCUT2D eigenvalue weighted by atomic mass is 10.1. The summed E-state index contributed by atoms with van der Waals surface area (Å²) in [5, 5.41) is 3.22. The molecule has 0 unspecified atom stereocenters. The van der Waals surface area contributed by atoms with E-state index in [4.69, 9.17) is 0 Å². The second kappa shape index (κ2) is 8.24. The maximum absolute atomic E-state index is 12.9. The molecule has 1 aromatic heterocycles. The fraction of sp³-hybridized carbons (Fsp3) is 0.200. The van der Waals surface area contributed by atoms with Crippen molar-refractivity contribution in [3.05, 3.63) is 83.8 Å². The van der Waals surface area contributed by atoms with Gasteiger partial charge in [0.25, 0.3) is 0 Å². The zero-order chi connectivity index (χ0) is 17.5. The maximum Gasteiger partial charge on any atom is 0.224 e. The van der Waals surface area contributed by atoms with Gasteiger partial charge in [0.15, 0.2) is 0 Å². The van der Waals surface area contributed by atoms with Crippen molar-refractivity contribution in [1.82, 2.24) is 9.97 Å². The zero-order valence-corrected chi connectivity index (χ0v) is 14.2. The smallest absolute Gasteiger partial charge is 0.224 e. The second-order valence-electron chi connectivity index (χ2n) is 5.88. The van der Waals surface area contributed by atoms with Gasteiger partial charge >= 0.3 is 0 Å². The molecule has 0 aliphatic rings. The number of benzene rings is 2. The Balaban J connectivity index is 1.56. The molecule has 3 aromatic rings. The van der Waals surface area contributed by atoms with Crippen molar-refractivity contribution in [2.24, 2.45) is 0 Å². The van der Waals surface area contributed by atoms with Gasteiger partial charge in [-0.15, -0.1) is 0 Å². The van der Waals surface area contributed by atoms with Gasteiger partial charge in [0.1, 0.15) is 11.6 Å². The fourth-order valence-corrected chi connectivity index (χ4v) is 2.55. The molecule has 0 fully saturated rings. The van der Waals surface area contributed by atoms with E-state index in [-0.39, 0.29) is 5.82 Å². The van der Waals surface area contributed by atoms with Crippen LogP contribution in [0.2, 0.25) is 0 Å². The van der Waals surface area contributed by atoms with Crippen molar-refractivity contribution in [2.45, 2.75) is 13.0 Å². The highest BCUT2D eigenvalue weighted by Crippen LogP contribution is 2.14. The number of hydrogen-bond donors (Lipinski definition) is 1. The SMILES string of the molecule is CN(Cc1ccccc1)c1ccnc(NCCc2ccc(F)cc2)n1. The summed E-state index contributed by atoms with van der Waals surface area (Å²) in [5.41, 5.74) is 2.31. The largest absolute Gasteiger partial charge is 0.355 e. The van der Waals surface area contributed by atoms with E-state index in [9.17, 15) is 4.39 Å². The average molecular weight is 336 g/mol. The number of aromatic nitrogens is 2. The normalized spacial score (nSPS) is 10.5. The number of halogens is 1. The Labute approximate surface area is 147 Å². The molecule has 5 heteroatoms. The lowest BCUT2D eigenvalue weighted by Crippen LogP contribution is -2.18. The minimum Gasteiger partial charge on any atom is -0.355 e. The van der Waals surface area contributed by atoms with Gasteiger partial charge in [0.2, 0.25) is 5.95 Å². The van der Waals surface area contributed by atoms with Crippen LogP contribution in [0.5, 0.6) is 0 Å². The van der Waals surface area contributed by atoms with Crippen LogP contribution in [0.1, 0.15) is 11.1 Å². The second-order valence-corrected chi connectivity index (χ2v) is 5.88. The summed E-state index contributed by atoms with van der Waals surface area (Å²) >= 11 is 0. The molecule has 0 bridgehead atoms. The number of nitrogens with zero attached hydrogens (tertiary/aromatic N) is 3. The Morgan fingerprint density at radius 2 is 1.72 bits per heavy atom. The van der Waals surface area contributed by atoms with Gasteiger partial charge in [-0.1, -0.05) is 42.5 Å². The van der Waals surface area contributed by atoms with Gasteiger partial charge in [0.05, 0.1) is 0 Å². The highest BCUT2D eigenvalue weighted by molar-refractivity contribution is 5.42. The van der Waals surface area contributed by atoms with Gasteiger partial charge in [0, 0.05) is 26.3 Å². The summed E-state index contributed by atoms with van der Waals surface area (Å²) < 4.78 is 12.9. The molecule has 0 amide bonds. The molecular weight excluding hydrogens is 315 g/mol. The molecule has 2 aromatic carbocycles. The van der Waals surface area contributed by atoms with Crippen LogP contribution in [0, 0.1) is 5.82 Å². The summed E-state index contributed by atoms with van der Waals surface area (Å²) in [6, 6.07) is 18.7. The number of anilines is 2. The molecule has 0 aliphatic carbocycles. The third kappa shape index (κ3) is 5.01. The fourth-order valence-electron chi connectivity index (χ4n) is 2.55. The van der Waals surface area contributed by atoms with Crippen LogP contribution in [0.15, 0.2) is 66.9 Å². The van der Waals surface area contributed by atoms with E-state index < -0.39 is 0 Å². The molecule has 128 valence electrons. The number of nitrogens with one attached hydrogen (secondary N) is 1. The summed E-state index contributed by atoms with van der Waals surface area (Å²) in [4.78, 5) is 10.9. The summed E-state index contributed by atoms with van der Waals surface area (Å²) in [7, 11) is 2.01. The quantitative estimate of drug-likeness (QED) is 0.710. The first kappa shape index (κ1) is 16.9. The Kier molecular flexibility index (Phi) is 5.57. The van der Waals surface area contributed by atoms with Crippen molar-refractivity contribution in [1.29, 1.82) is 0 Å². The van der Waals surface area contributed by atoms with Gasteiger partial charge in [-0.05, 0) is 35.7 Å². The van der Waals surface area contributed by atoms with E-state index in [0.29, 0.717) is 12.5 Å². The number of rotatable bonds is 7. The minimum atomic E-state index is -0.214. The van der Waals surface area contributed by atoms with E-state index in [1.54, 1.807) is 18.3 Å². The Morgan fingerprint density at radius 3 is 2.48 bits per heavy atom. The third-order valence-corrected chi connectivity index (χ3v) is 3.90. The van der Waals surface area contributed by atoms with Crippen LogP contribution in [-0.2, 0) is 13.0 Å². The van der Waals surface area contributed by atoms with Gasteiger partial charge < -0.3 is 10.2 Å². The Bertz CT molecular complexity index is 790. The van der Waals surface area contributed by atoms with E-state index >= 15 is 0 Å². The monoisotopic (exact) mass is 336 g/mol. The van der Waals surface area contributed by atoms with Gasteiger partial charge in [-0.2, -0.15) is 4.98 Å². The summed E-state index contributed by atoms with van der Waals surface area (Å²) in [6.07, 6.45) is 2.54. The molecule has 0 aliphatic heterocycles. The molecular formula is C20H21FN4. The van der Waals surface area contributed by atoms with Crippen molar-refractivity contribution in [2.75, 3.05) is 23.8 Å². The standard InChI is InChI=1S/C20H21FN4/c1-25(15-17-5-3-2-4-6-17)19-12-14-23-20(24-19)22-13-11-16-7-9-18(21)10-8-16/h2-10,12,14H,11,13,15H2,1H3,(H,22,23,24). The lowest BCUT2D eigenvalue weighted by molar-refractivity contribution is 0.627. The number of hydrogen-bond acceptors (Lipinski definition) is 4. The highest BCUT2D eigenvalue weighted by atomic mass is 19.1. The van der Waals surface area contributed by atoms with E-state index in [2.05, 4.69) is 32.3 Å². The predicted molar refractivity (Wildman–Crippen MR) is 99.2 cm³/mol. The average Bonchev–Trinajstić information content (AvgIpc) is 2.64. The Morgan fingerprint density at radius 1 is 0.960 bits per heavy atom. The molecule has 0 saturated heterocycles. The summed E-state index contributed by atoms with van der Waals surface area (Å²) in [5.74, 6) is 1.25. The van der Waals surface area contributed by atoms with E-state index in [0.717, 1.165) is 24.3 Å². The zero-order valence-electron chi connectivity index (χ0n) is 14.2. The molecule has 1 heterocycles. The molecule has 1 N–H and O–H groups in total. The Hall–Kier alpha value is -2.95. The molecule has 0 spiro atoms. The topological polar surface area (TPSA) is 41.1 Å². The van der Waals surface area contributed by atoms with Crippen LogP contribution in [0.3, 0.4) is 0 Å². The predicted octanol–water partition coefficient (Wildman–Crippen LogP) is 3.91. The van der Waals surface area contributed by atoms with Gasteiger partial charge in [-0.25, -0.2) is 9.37 Å². The minimum absolute atomic E-state index is 0.214. The van der Waals surface area contributed by atoms with Crippen molar-refractivity contribution in [3.63, 3.8) is 0 Å². The van der Waals surface area contributed by atoms with Crippen molar-refractivity contribution >= 4 is 11.8 Å². The molecule has 25 heavy (non-hydrogen) atoms. The van der Waals surface area contributed by atoms with Crippen LogP contribution in [0.4, 0.5) is 16.2 Å². The first-order valence-electron chi connectivity index (χ1n) is 8.27. The molecule has 0 atom stereocenters. The van der Waals surface area contributed by atoms with E-state index in [1.807, 2.05) is 31.3 Å². The van der Waals surface area contributed by atoms with Crippen LogP contribution < -0.4 is 10.2 Å². The van der Waals surface area contributed by atoms with Crippen molar-refractivity contribution in [3.8, 4) is 0 Å². The molecule has 0 radical (unpaired) electrons. The van der Waals surface area contributed by atoms with Gasteiger partial charge in [-0.3, -0.25) is 0 Å². The van der Waals surface area contributed by atoms with Crippen LogP contribution >= 0.6 is 0 Å². The van der Waals surface area contributed by atoms with E-state index in [1.165, 1.54) is 17.7 Å². The first-order chi connectivity index (χ1) is 12.2. The third-order valence-electron chi connectivity index (χ3n) is 3.90.